The molecule has 2 aromatic heterocycles. The number of aromatic nitrogens is 4. The summed E-state index contributed by atoms with van der Waals surface area (Å²) in [5, 5.41) is 8.73. The van der Waals surface area contributed by atoms with Crippen molar-refractivity contribution in [3.05, 3.63) is 35.7 Å². The predicted octanol–water partition coefficient (Wildman–Crippen LogP) is 2.59. The molecule has 2 heterocycles. The number of nitrogens with zero attached hydrogens (tertiary/aromatic N) is 3. The van der Waals surface area contributed by atoms with Gasteiger partial charge in [0.25, 0.3) is 5.91 Å². The SMILES string of the molecule is CC(C)c1nc(C(=O)Nc2ccc(C(F)(F)F)nc2)n[nH]1. The van der Waals surface area contributed by atoms with Gasteiger partial charge in [0.1, 0.15) is 11.5 Å². The summed E-state index contributed by atoms with van der Waals surface area (Å²) in [6, 6.07) is 1.90. The molecule has 0 saturated heterocycles. The Morgan fingerprint density at radius 1 is 1.33 bits per heavy atom. The Kier molecular flexibility index (Phi) is 3.92. The minimum Gasteiger partial charge on any atom is -0.318 e. The Morgan fingerprint density at radius 3 is 2.52 bits per heavy atom. The Morgan fingerprint density at radius 2 is 2.05 bits per heavy atom. The smallest absolute Gasteiger partial charge is 0.318 e. The van der Waals surface area contributed by atoms with Gasteiger partial charge in [-0.25, -0.2) is 9.97 Å². The first-order valence-corrected chi connectivity index (χ1v) is 6.04. The van der Waals surface area contributed by atoms with Gasteiger partial charge in [0.15, 0.2) is 0 Å². The minimum atomic E-state index is -4.52. The van der Waals surface area contributed by atoms with E-state index in [1.165, 1.54) is 0 Å². The molecular formula is C12H12F3N5O. The largest absolute Gasteiger partial charge is 0.433 e. The van der Waals surface area contributed by atoms with Crippen molar-refractivity contribution in [1.82, 2.24) is 20.2 Å². The molecule has 21 heavy (non-hydrogen) atoms. The Bertz CT molecular complexity index is 633. The van der Waals surface area contributed by atoms with Crippen LogP contribution >= 0.6 is 0 Å². The number of hydrogen-bond donors (Lipinski definition) is 2. The topological polar surface area (TPSA) is 83.6 Å². The fourth-order valence-corrected chi connectivity index (χ4v) is 1.46. The molecule has 0 aliphatic rings. The average Bonchev–Trinajstić information content (AvgIpc) is 2.88. The Balaban J connectivity index is 2.08. The van der Waals surface area contributed by atoms with E-state index in [1.54, 1.807) is 0 Å². The fourth-order valence-electron chi connectivity index (χ4n) is 1.46. The molecule has 0 saturated carbocycles. The predicted molar refractivity (Wildman–Crippen MR) is 67.7 cm³/mol. The highest BCUT2D eigenvalue weighted by Gasteiger charge is 2.32. The number of H-pyrrole nitrogens is 1. The number of anilines is 1. The van der Waals surface area contributed by atoms with Crippen LogP contribution in [0.15, 0.2) is 18.3 Å². The fraction of sp³-hybridized carbons (Fsp3) is 0.333. The van der Waals surface area contributed by atoms with Crippen LogP contribution in [0.2, 0.25) is 0 Å². The van der Waals surface area contributed by atoms with Gasteiger partial charge in [0, 0.05) is 5.92 Å². The molecule has 0 aromatic carbocycles. The molecule has 0 unspecified atom stereocenters. The monoisotopic (exact) mass is 299 g/mol. The van der Waals surface area contributed by atoms with E-state index in [9.17, 15) is 18.0 Å². The lowest BCUT2D eigenvalue weighted by Gasteiger charge is -2.06. The first kappa shape index (κ1) is 14.9. The molecule has 112 valence electrons. The zero-order valence-electron chi connectivity index (χ0n) is 11.2. The number of rotatable bonds is 3. The van der Waals surface area contributed by atoms with Crippen LogP contribution in [0.5, 0.6) is 0 Å². The van der Waals surface area contributed by atoms with E-state index >= 15 is 0 Å². The summed E-state index contributed by atoms with van der Waals surface area (Å²) in [4.78, 5) is 19.1. The third-order valence-electron chi connectivity index (χ3n) is 2.56. The van der Waals surface area contributed by atoms with E-state index in [0.717, 1.165) is 18.3 Å². The number of amides is 1. The van der Waals surface area contributed by atoms with E-state index < -0.39 is 17.8 Å². The first-order chi connectivity index (χ1) is 9.77. The van der Waals surface area contributed by atoms with Crippen molar-refractivity contribution < 1.29 is 18.0 Å². The van der Waals surface area contributed by atoms with Crippen molar-refractivity contribution in [3.8, 4) is 0 Å². The Labute approximate surface area is 117 Å². The zero-order valence-corrected chi connectivity index (χ0v) is 11.2. The third-order valence-corrected chi connectivity index (χ3v) is 2.56. The molecule has 0 spiro atoms. The third kappa shape index (κ3) is 3.56. The number of hydrogen-bond acceptors (Lipinski definition) is 4. The molecular weight excluding hydrogens is 287 g/mol. The van der Waals surface area contributed by atoms with Gasteiger partial charge in [-0.2, -0.15) is 13.2 Å². The van der Waals surface area contributed by atoms with Crippen LogP contribution in [-0.4, -0.2) is 26.1 Å². The van der Waals surface area contributed by atoms with Gasteiger partial charge in [-0.3, -0.25) is 9.89 Å². The van der Waals surface area contributed by atoms with Crippen molar-refractivity contribution >= 4 is 11.6 Å². The van der Waals surface area contributed by atoms with Crippen LogP contribution in [0, 0.1) is 0 Å². The number of carbonyl (C=O) groups excluding carboxylic acids is 1. The second-order valence-corrected chi connectivity index (χ2v) is 4.58. The molecule has 6 nitrogen and oxygen atoms in total. The van der Waals surface area contributed by atoms with E-state index in [1.807, 2.05) is 13.8 Å². The van der Waals surface area contributed by atoms with Crippen molar-refractivity contribution in [2.45, 2.75) is 25.9 Å². The molecule has 0 atom stereocenters. The standard InChI is InChI=1S/C12H12F3N5O/c1-6(2)9-18-10(20-19-9)11(21)17-7-3-4-8(16-5-7)12(13,14)15/h3-6H,1-2H3,(H,17,21)(H,18,19,20). The molecule has 0 radical (unpaired) electrons. The lowest BCUT2D eigenvalue weighted by molar-refractivity contribution is -0.141. The molecule has 2 aromatic rings. The summed E-state index contributed by atoms with van der Waals surface area (Å²) in [5.74, 6) is -0.0872. The minimum absolute atomic E-state index is 0.0757. The molecule has 1 amide bonds. The van der Waals surface area contributed by atoms with Gasteiger partial charge in [-0.15, -0.1) is 5.10 Å². The van der Waals surface area contributed by atoms with Crippen LogP contribution in [0.1, 0.15) is 41.9 Å². The number of alkyl halides is 3. The van der Waals surface area contributed by atoms with Crippen LogP contribution in [0.4, 0.5) is 18.9 Å². The van der Waals surface area contributed by atoms with Crippen LogP contribution in [0.25, 0.3) is 0 Å². The average molecular weight is 299 g/mol. The molecule has 0 aliphatic heterocycles. The normalized spacial score (nSPS) is 11.7. The van der Waals surface area contributed by atoms with E-state index in [2.05, 4.69) is 25.5 Å². The van der Waals surface area contributed by atoms with Crippen LogP contribution in [-0.2, 0) is 6.18 Å². The van der Waals surface area contributed by atoms with Crippen LogP contribution in [0.3, 0.4) is 0 Å². The maximum absolute atomic E-state index is 12.4. The van der Waals surface area contributed by atoms with Gasteiger partial charge in [0.2, 0.25) is 5.82 Å². The summed E-state index contributed by atoms with van der Waals surface area (Å²) in [6.45, 7) is 3.75. The summed E-state index contributed by atoms with van der Waals surface area (Å²) in [6.07, 6.45) is -3.59. The first-order valence-electron chi connectivity index (χ1n) is 6.04. The summed E-state index contributed by atoms with van der Waals surface area (Å²) >= 11 is 0. The van der Waals surface area contributed by atoms with Gasteiger partial charge in [0.05, 0.1) is 11.9 Å². The molecule has 9 heteroatoms. The van der Waals surface area contributed by atoms with E-state index in [0.29, 0.717) is 5.82 Å². The quantitative estimate of drug-likeness (QED) is 0.912. The van der Waals surface area contributed by atoms with Gasteiger partial charge < -0.3 is 5.32 Å². The molecule has 0 aliphatic carbocycles. The zero-order chi connectivity index (χ0) is 15.6. The maximum atomic E-state index is 12.4. The molecule has 0 fully saturated rings. The lowest BCUT2D eigenvalue weighted by atomic mass is 10.2. The van der Waals surface area contributed by atoms with Gasteiger partial charge >= 0.3 is 6.18 Å². The molecule has 0 bridgehead atoms. The lowest BCUT2D eigenvalue weighted by Crippen LogP contribution is -2.15. The van der Waals surface area contributed by atoms with Crippen molar-refractivity contribution in [1.29, 1.82) is 0 Å². The number of nitrogens with one attached hydrogen (secondary N) is 2. The number of carbonyl (C=O) groups is 1. The maximum Gasteiger partial charge on any atom is 0.433 e. The highest BCUT2D eigenvalue weighted by molar-refractivity contribution is 6.01. The van der Waals surface area contributed by atoms with Gasteiger partial charge in [-0.05, 0) is 12.1 Å². The number of halogens is 3. The molecule has 2 rings (SSSR count). The second kappa shape index (κ2) is 5.51. The highest BCUT2D eigenvalue weighted by atomic mass is 19.4. The van der Waals surface area contributed by atoms with E-state index in [4.69, 9.17) is 0 Å². The van der Waals surface area contributed by atoms with Gasteiger partial charge in [-0.1, -0.05) is 13.8 Å². The highest BCUT2D eigenvalue weighted by Crippen LogP contribution is 2.27. The summed E-state index contributed by atoms with van der Waals surface area (Å²) < 4.78 is 37.1. The number of aromatic amines is 1. The van der Waals surface area contributed by atoms with Crippen molar-refractivity contribution in [2.75, 3.05) is 5.32 Å². The van der Waals surface area contributed by atoms with E-state index in [-0.39, 0.29) is 17.4 Å². The van der Waals surface area contributed by atoms with Crippen molar-refractivity contribution in [2.24, 2.45) is 0 Å². The van der Waals surface area contributed by atoms with Crippen LogP contribution < -0.4 is 5.32 Å². The summed E-state index contributed by atoms with van der Waals surface area (Å²) in [7, 11) is 0. The number of pyridine rings is 1. The molecule has 2 N–H and O–H groups in total. The van der Waals surface area contributed by atoms with Crippen molar-refractivity contribution in [3.63, 3.8) is 0 Å². The second-order valence-electron chi connectivity index (χ2n) is 4.58. The summed E-state index contributed by atoms with van der Waals surface area (Å²) in [5.41, 5.74) is -0.899. The Hall–Kier alpha value is -2.45.